The third-order valence-electron chi connectivity index (χ3n) is 7.80. The fourth-order valence-corrected chi connectivity index (χ4v) is 5.35. The highest BCUT2D eigenvalue weighted by molar-refractivity contribution is 6.08. The fraction of sp³-hybridized carbons (Fsp3) is 0.323. The van der Waals surface area contributed by atoms with E-state index in [1.54, 1.807) is 43.1 Å². The van der Waals surface area contributed by atoms with E-state index in [0.717, 1.165) is 34.7 Å². The number of carbonyl (C=O) groups is 3. The van der Waals surface area contributed by atoms with Gasteiger partial charge in [0.15, 0.2) is 0 Å². The van der Waals surface area contributed by atoms with Crippen LogP contribution in [-0.2, 0) is 20.9 Å². The molecule has 210 valence electrons. The number of carbonyl (C=O) groups excluding carboxylic acids is 3. The molecular weight excluding hydrogens is 540 g/mol. The maximum absolute atomic E-state index is 14.3. The number of hydrogen-bond donors (Lipinski definition) is 2. The molecule has 2 atom stereocenters. The summed E-state index contributed by atoms with van der Waals surface area (Å²) in [7, 11) is 1.65. The normalized spacial score (nSPS) is 17.0. The Morgan fingerprint density at radius 2 is 1.80 bits per heavy atom. The lowest BCUT2D eigenvalue weighted by molar-refractivity contribution is -0.128. The number of halogens is 1. The molecule has 1 heterocycles. The Hall–Kier alpha value is -4.44. The van der Waals surface area contributed by atoms with Crippen molar-refractivity contribution in [2.75, 3.05) is 23.4 Å². The summed E-state index contributed by atoms with van der Waals surface area (Å²) in [6.45, 7) is 3.20. The van der Waals surface area contributed by atoms with E-state index in [1.807, 2.05) is 24.3 Å². The number of hydrogen-bond acceptors (Lipinski definition) is 6. The first-order valence-corrected chi connectivity index (χ1v) is 13.3. The van der Waals surface area contributed by atoms with Crippen LogP contribution in [0.15, 0.2) is 48.5 Å². The number of nitrogens with zero attached hydrogens (tertiary/aromatic N) is 4. The first-order valence-electron chi connectivity index (χ1n) is 13.3. The lowest BCUT2D eigenvalue weighted by Crippen LogP contribution is -2.55. The Labute approximate surface area is 245 Å². The molecule has 1 fully saturated rings. The molecule has 0 aromatic heterocycles. The van der Waals surface area contributed by atoms with Gasteiger partial charge in [0.25, 0.3) is 5.91 Å². The predicted octanol–water partition coefficient (Wildman–Crippen LogP) is 3.87. The molecule has 0 bridgehead atoms. The van der Waals surface area contributed by atoms with Crippen LogP contribution >= 0.6 is 12.4 Å². The number of fused-ring (bicyclic) bond motifs is 2. The first kappa shape index (κ1) is 29.5. The van der Waals surface area contributed by atoms with Crippen LogP contribution in [0.1, 0.15) is 54.9 Å². The van der Waals surface area contributed by atoms with Crippen molar-refractivity contribution in [1.82, 2.24) is 10.6 Å². The van der Waals surface area contributed by atoms with Crippen LogP contribution in [0.3, 0.4) is 0 Å². The number of benzene rings is 3. The van der Waals surface area contributed by atoms with E-state index >= 15 is 0 Å². The van der Waals surface area contributed by atoms with E-state index in [-0.39, 0.29) is 43.2 Å². The average molecular weight is 571 g/mol. The van der Waals surface area contributed by atoms with Gasteiger partial charge in [0.1, 0.15) is 6.04 Å². The topological polar surface area (TPSA) is 129 Å². The Balaban J connectivity index is 0.00000387. The molecule has 2 N–H and O–H groups in total. The van der Waals surface area contributed by atoms with Crippen molar-refractivity contribution >= 4 is 52.3 Å². The van der Waals surface area contributed by atoms with Crippen molar-refractivity contribution in [3.8, 4) is 12.1 Å². The molecule has 1 saturated carbocycles. The van der Waals surface area contributed by atoms with Crippen LogP contribution in [0.4, 0.5) is 11.4 Å². The molecule has 0 spiro atoms. The quantitative estimate of drug-likeness (QED) is 0.463. The first-order chi connectivity index (χ1) is 19.3. The zero-order valence-electron chi connectivity index (χ0n) is 23.1. The van der Waals surface area contributed by atoms with Gasteiger partial charge < -0.3 is 20.4 Å². The number of anilines is 2. The average Bonchev–Trinajstić information content (AvgIpc) is 3.82. The summed E-state index contributed by atoms with van der Waals surface area (Å²) >= 11 is 0. The summed E-state index contributed by atoms with van der Waals surface area (Å²) < 4.78 is 0. The third kappa shape index (κ3) is 5.60. The summed E-state index contributed by atoms with van der Waals surface area (Å²) in [4.78, 5) is 43.1. The van der Waals surface area contributed by atoms with Crippen LogP contribution in [0, 0.1) is 22.7 Å². The third-order valence-corrected chi connectivity index (χ3v) is 7.80. The molecule has 5 rings (SSSR count). The minimum Gasteiger partial charge on any atom is -0.341 e. The van der Waals surface area contributed by atoms with Gasteiger partial charge in [0.05, 0.1) is 53.8 Å². The second-order valence-electron chi connectivity index (χ2n) is 10.4. The molecule has 1 aliphatic carbocycles. The van der Waals surface area contributed by atoms with Crippen LogP contribution in [0.2, 0.25) is 0 Å². The van der Waals surface area contributed by atoms with Gasteiger partial charge in [-0.25, -0.2) is 0 Å². The SMILES string of the molecule is CNC(C)C(=O)NC1CN(C(C)=O)c2cc(C#N)ccc2N(Cc2c(C3CC3)ccc3c(C#N)cccc23)C1=O.Cl. The van der Waals surface area contributed by atoms with Crippen molar-refractivity contribution < 1.29 is 14.4 Å². The van der Waals surface area contributed by atoms with Gasteiger partial charge in [-0.2, -0.15) is 10.5 Å². The van der Waals surface area contributed by atoms with E-state index in [2.05, 4.69) is 22.8 Å². The van der Waals surface area contributed by atoms with Gasteiger partial charge in [-0.1, -0.05) is 24.3 Å². The number of likely N-dealkylation sites (N-methyl/N-ethyl adjacent to an activating group) is 1. The maximum Gasteiger partial charge on any atom is 0.251 e. The Morgan fingerprint density at radius 3 is 2.44 bits per heavy atom. The largest absolute Gasteiger partial charge is 0.341 e. The van der Waals surface area contributed by atoms with Crippen molar-refractivity contribution in [1.29, 1.82) is 10.5 Å². The second-order valence-corrected chi connectivity index (χ2v) is 10.4. The molecule has 10 heteroatoms. The molecule has 3 amide bonds. The molecule has 2 unspecified atom stereocenters. The van der Waals surface area contributed by atoms with E-state index in [1.165, 1.54) is 11.8 Å². The number of rotatable bonds is 6. The van der Waals surface area contributed by atoms with E-state index in [9.17, 15) is 24.9 Å². The van der Waals surface area contributed by atoms with Gasteiger partial charge in [0.2, 0.25) is 11.8 Å². The molecule has 3 aromatic carbocycles. The summed E-state index contributed by atoms with van der Waals surface area (Å²) in [5, 5.41) is 26.7. The van der Waals surface area contributed by atoms with Crippen molar-refractivity contribution in [2.45, 2.75) is 51.2 Å². The lowest BCUT2D eigenvalue weighted by Gasteiger charge is -2.28. The summed E-state index contributed by atoms with van der Waals surface area (Å²) in [6.07, 6.45) is 2.09. The van der Waals surface area contributed by atoms with E-state index in [4.69, 9.17) is 0 Å². The van der Waals surface area contributed by atoms with Crippen LogP contribution in [0.25, 0.3) is 10.8 Å². The number of amides is 3. The van der Waals surface area contributed by atoms with Gasteiger partial charge in [-0.15, -0.1) is 12.4 Å². The summed E-state index contributed by atoms with van der Waals surface area (Å²) in [6, 6.07) is 17.3. The molecule has 0 saturated heterocycles. The molecule has 9 nitrogen and oxygen atoms in total. The number of nitriles is 2. The highest BCUT2D eigenvalue weighted by Crippen LogP contribution is 2.45. The standard InChI is InChI=1S/C31H30N6O3.ClH/c1-18(34-3)30(39)35-27-17-36(19(2)38)29-13-20(14-32)7-12-28(29)37(31(27)40)16-26-23(21-8-9-21)10-11-24-22(15-33)5-4-6-25(24)26;/h4-7,10-13,18,21,27,34H,8-9,16-17H2,1-3H3,(H,35,39);1H. The summed E-state index contributed by atoms with van der Waals surface area (Å²) in [5.74, 6) is -0.667. The zero-order chi connectivity index (χ0) is 28.6. The predicted molar refractivity (Wildman–Crippen MR) is 159 cm³/mol. The number of nitrogens with one attached hydrogen (secondary N) is 2. The minimum absolute atomic E-state index is 0. The van der Waals surface area contributed by atoms with Gasteiger partial charge in [-0.3, -0.25) is 14.4 Å². The van der Waals surface area contributed by atoms with Gasteiger partial charge in [-0.05, 0) is 78.9 Å². The molecule has 2 aliphatic rings. The van der Waals surface area contributed by atoms with Gasteiger partial charge >= 0.3 is 0 Å². The smallest absolute Gasteiger partial charge is 0.251 e. The molecule has 3 aromatic rings. The Morgan fingerprint density at radius 1 is 1.05 bits per heavy atom. The van der Waals surface area contributed by atoms with E-state index < -0.39 is 12.1 Å². The highest BCUT2D eigenvalue weighted by Gasteiger charge is 2.38. The van der Waals surface area contributed by atoms with Crippen molar-refractivity contribution in [2.24, 2.45) is 0 Å². The Bertz CT molecular complexity index is 1620. The molecule has 1 aliphatic heterocycles. The van der Waals surface area contributed by atoms with E-state index in [0.29, 0.717) is 28.4 Å². The second kappa shape index (κ2) is 12.0. The zero-order valence-corrected chi connectivity index (χ0v) is 23.9. The molecule has 0 radical (unpaired) electrons. The van der Waals surface area contributed by atoms with Crippen LogP contribution in [0.5, 0.6) is 0 Å². The maximum atomic E-state index is 14.3. The molecular formula is C31H31ClN6O3. The lowest BCUT2D eigenvalue weighted by atomic mass is 9.93. The van der Waals surface area contributed by atoms with Gasteiger partial charge in [0, 0.05) is 6.92 Å². The molecule has 41 heavy (non-hydrogen) atoms. The highest BCUT2D eigenvalue weighted by atomic mass is 35.5. The van der Waals surface area contributed by atoms with Crippen molar-refractivity contribution in [3.63, 3.8) is 0 Å². The van der Waals surface area contributed by atoms with Crippen LogP contribution < -0.4 is 20.4 Å². The van der Waals surface area contributed by atoms with Crippen molar-refractivity contribution in [3.05, 3.63) is 70.8 Å². The fourth-order valence-electron chi connectivity index (χ4n) is 5.35. The monoisotopic (exact) mass is 570 g/mol. The minimum atomic E-state index is -1.01. The van der Waals surface area contributed by atoms with Crippen LogP contribution in [-0.4, -0.2) is 43.4 Å². The summed E-state index contributed by atoms with van der Waals surface area (Å²) in [5.41, 5.74) is 3.88. The Kier molecular flexibility index (Phi) is 8.63.